The molecule has 0 spiro atoms. The van der Waals surface area contributed by atoms with Gasteiger partial charge in [-0.15, -0.1) is 0 Å². The molecule has 3 aliphatic rings. The molecule has 1 aliphatic carbocycles. The van der Waals surface area contributed by atoms with E-state index in [9.17, 15) is 9.18 Å². The van der Waals surface area contributed by atoms with Crippen molar-refractivity contribution in [3.63, 3.8) is 0 Å². The second kappa shape index (κ2) is 8.75. The van der Waals surface area contributed by atoms with Crippen molar-refractivity contribution >= 4 is 11.9 Å². The van der Waals surface area contributed by atoms with E-state index in [1.807, 2.05) is 30.1 Å². The number of nitrogens with one attached hydrogen (secondary N) is 2. The molecular formula is C24H31FN6O. The zero-order valence-corrected chi connectivity index (χ0v) is 18.7. The lowest BCUT2D eigenvalue weighted by Gasteiger charge is -2.35. The minimum atomic E-state index is -0.265. The molecule has 8 heteroatoms. The smallest absolute Gasteiger partial charge is 0.241 e. The summed E-state index contributed by atoms with van der Waals surface area (Å²) in [4.78, 5) is 26.7. The van der Waals surface area contributed by atoms with Gasteiger partial charge in [0.2, 0.25) is 11.9 Å². The first-order chi connectivity index (χ1) is 15.5. The normalized spacial score (nSPS) is 27.4. The molecule has 2 N–H and O–H groups in total. The maximum absolute atomic E-state index is 13.5. The van der Waals surface area contributed by atoms with E-state index in [0.29, 0.717) is 24.5 Å². The fourth-order valence-corrected chi connectivity index (χ4v) is 5.48. The van der Waals surface area contributed by atoms with Crippen molar-refractivity contribution in [1.29, 1.82) is 0 Å². The number of hydrogen-bond acceptors (Lipinski definition) is 6. The van der Waals surface area contributed by atoms with Crippen LogP contribution in [0.2, 0.25) is 0 Å². The summed E-state index contributed by atoms with van der Waals surface area (Å²) in [7, 11) is 3.84. The van der Waals surface area contributed by atoms with E-state index < -0.39 is 0 Å². The third-order valence-corrected chi connectivity index (χ3v) is 7.17. The van der Waals surface area contributed by atoms with Gasteiger partial charge in [-0.3, -0.25) is 10.2 Å². The van der Waals surface area contributed by atoms with Gasteiger partial charge in [0.1, 0.15) is 11.9 Å². The molecule has 4 unspecified atom stereocenters. The van der Waals surface area contributed by atoms with Crippen molar-refractivity contribution in [2.24, 2.45) is 5.92 Å². The maximum Gasteiger partial charge on any atom is 0.241 e. The first-order valence-electron chi connectivity index (χ1n) is 11.6. The van der Waals surface area contributed by atoms with Crippen LogP contribution in [0.25, 0.3) is 11.1 Å². The number of nitrogens with zero attached hydrogens (tertiary/aromatic N) is 4. The molecule has 4 atom stereocenters. The average Bonchev–Trinajstić information content (AvgIpc) is 3.43. The van der Waals surface area contributed by atoms with Crippen molar-refractivity contribution in [1.82, 2.24) is 25.7 Å². The highest BCUT2D eigenvalue weighted by Crippen LogP contribution is 2.36. The summed E-state index contributed by atoms with van der Waals surface area (Å²) in [5.74, 6) is 1.07. The highest BCUT2D eigenvalue weighted by molar-refractivity contribution is 5.83. The van der Waals surface area contributed by atoms with E-state index in [1.165, 1.54) is 18.6 Å². The zero-order valence-electron chi connectivity index (χ0n) is 18.7. The largest absolute Gasteiger partial charge is 0.347 e. The van der Waals surface area contributed by atoms with Crippen LogP contribution in [0.15, 0.2) is 30.5 Å². The number of benzene rings is 1. The predicted molar refractivity (Wildman–Crippen MR) is 121 cm³/mol. The molecule has 2 aliphatic heterocycles. The van der Waals surface area contributed by atoms with Crippen molar-refractivity contribution < 1.29 is 9.18 Å². The molecule has 2 aromatic rings. The fraction of sp³-hybridized carbons (Fsp3) is 0.542. The van der Waals surface area contributed by atoms with Gasteiger partial charge in [-0.2, -0.15) is 0 Å². The Labute approximate surface area is 188 Å². The molecule has 1 aromatic heterocycles. The van der Waals surface area contributed by atoms with Crippen LogP contribution < -0.4 is 15.8 Å². The quantitative estimate of drug-likeness (QED) is 0.765. The van der Waals surface area contributed by atoms with Crippen LogP contribution in [0.4, 0.5) is 10.3 Å². The Kier molecular flexibility index (Phi) is 5.82. The summed E-state index contributed by atoms with van der Waals surface area (Å²) in [6.45, 7) is 1.43. The number of fused-ring (bicyclic) bond motifs is 1. The van der Waals surface area contributed by atoms with Gasteiger partial charge in [-0.25, -0.2) is 19.8 Å². The first-order valence-corrected chi connectivity index (χ1v) is 11.6. The third-order valence-electron chi connectivity index (χ3n) is 7.17. The molecule has 3 heterocycles. The SMILES string of the molecule is CN(C)c1ncc(-c2ccc(F)cc2)c(C2CCCN(C(=O)C3NNC4CCCC43)C2)n1. The summed E-state index contributed by atoms with van der Waals surface area (Å²) < 4.78 is 13.5. The molecule has 170 valence electrons. The van der Waals surface area contributed by atoms with E-state index in [1.54, 1.807) is 12.1 Å². The molecule has 3 fully saturated rings. The number of carbonyl (C=O) groups is 1. The number of halogens is 1. The van der Waals surface area contributed by atoms with Gasteiger partial charge in [-0.1, -0.05) is 18.6 Å². The summed E-state index contributed by atoms with van der Waals surface area (Å²) in [5.41, 5.74) is 9.34. The van der Waals surface area contributed by atoms with Gasteiger partial charge < -0.3 is 9.80 Å². The van der Waals surface area contributed by atoms with Gasteiger partial charge in [-0.05, 0) is 43.4 Å². The highest BCUT2D eigenvalue weighted by atomic mass is 19.1. The molecule has 32 heavy (non-hydrogen) atoms. The standard InChI is InChI=1S/C24H31FN6O/c1-30(2)24-26-13-19(15-8-10-17(25)11-9-15)21(27-24)16-5-4-12-31(14-16)23(32)22-18-6-3-7-20(18)28-29-22/h8-11,13,16,18,20,22,28-29H,3-7,12,14H2,1-2H3. The summed E-state index contributed by atoms with van der Waals surface area (Å²) in [5, 5.41) is 0. The Morgan fingerprint density at radius 1 is 1.12 bits per heavy atom. The Hall–Kier alpha value is -2.58. The topological polar surface area (TPSA) is 73.4 Å². The van der Waals surface area contributed by atoms with Crippen molar-refractivity contribution in [3.05, 3.63) is 42.0 Å². The molecule has 5 rings (SSSR count). The zero-order chi connectivity index (χ0) is 22.2. The van der Waals surface area contributed by atoms with E-state index in [4.69, 9.17) is 4.98 Å². The highest BCUT2D eigenvalue weighted by Gasteiger charge is 2.44. The molecule has 1 amide bonds. The van der Waals surface area contributed by atoms with E-state index in [-0.39, 0.29) is 23.7 Å². The third kappa shape index (κ3) is 3.97. The molecule has 1 saturated carbocycles. The molecular weight excluding hydrogens is 407 g/mol. The summed E-state index contributed by atoms with van der Waals surface area (Å²) in [6, 6.07) is 6.75. The van der Waals surface area contributed by atoms with Crippen LogP contribution in [0.1, 0.15) is 43.7 Å². The number of anilines is 1. The monoisotopic (exact) mass is 438 g/mol. The second-order valence-corrected chi connectivity index (χ2v) is 9.46. The average molecular weight is 439 g/mol. The minimum absolute atomic E-state index is 0.114. The lowest BCUT2D eigenvalue weighted by atomic mass is 9.88. The Bertz CT molecular complexity index is 981. The molecule has 0 radical (unpaired) electrons. The molecule has 7 nitrogen and oxygen atoms in total. The molecule has 1 aromatic carbocycles. The number of hydrogen-bond donors (Lipinski definition) is 2. The van der Waals surface area contributed by atoms with Crippen LogP contribution in [-0.2, 0) is 4.79 Å². The maximum atomic E-state index is 13.5. The first kappa shape index (κ1) is 21.3. The Morgan fingerprint density at radius 3 is 2.72 bits per heavy atom. The van der Waals surface area contributed by atoms with Crippen LogP contribution in [0, 0.1) is 11.7 Å². The van der Waals surface area contributed by atoms with Gasteiger partial charge in [0.05, 0.1) is 5.69 Å². The number of piperidine rings is 1. The van der Waals surface area contributed by atoms with Crippen LogP contribution in [0.3, 0.4) is 0 Å². The van der Waals surface area contributed by atoms with E-state index in [2.05, 4.69) is 15.8 Å². The van der Waals surface area contributed by atoms with E-state index >= 15 is 0 Å². The van der Waals surface area contributed by atoms with Gasteiger partial charge in [0, 0.05) is 56.8 Å². The van der Waals surface area contributed by atoms with Gasteiger partial charge >= 0.3 is 0 Å². The number of rotatable bonds is 4. The van der Waals surface area contributed by atoms with E-state index in [0.717, 1.165) is 49.0 Å². The lowest BCUT2D eigenvalue weighted by molar-refractivity contribution is -0.135. The lowest BCUT2D eigenvalue weighted by Crippen LogP contribution is -2.50. The number of hydrazine groups is 1. The van der Waals surface area contributed by atoms with Gasteiger partial charge in [0.25, 0.3) is 0 Å². The summed E-state index contributed by atoms with van der Waals surface area (Å²) >= 11 is 0. The van der Waals surface area contributed by atoms with Crippen LogP contribution in [0.5, 0.6) is 0 Å². The van der Waals surface area contributed by atoms with Crippen molar-refractivity contribution in [3.8, 4) is 11.1 Å². The predicted octanol–water partition coefficient (Wildman–Crippen LogP) is 2.70. The minimum Gasteiger partial charge on any atom is -0.347 e. The van der Waals surface area contributed by atoms with Crippen molar-refractivity contribution in [2.75, 3.05) is 32.1 Å². The van der Waals surface area contributed by atoms with Gasteiger partial charge in [0.15, 0.2) is 0 Å². The Balaban J connectivity index is 1.42. The second-order valence-electron chi connectivity index (χ2n) is 9.46. The summed E-state index contributed by atoms with van der Waals surface area (Å²) in [6.07, 6.45) is 7.16. The number of amides is 1. The fourth-order valence-electron chi connectivity index (χ4n) is 5.48. The molecule has 0 bridgehead atoms. The number of aromatic nitrogens is 2. The number of carbonyl (C=O) groups excluding carboxylic acids is 1. The van der Waals surface area contributed by atoms with Crippen LogP contribution in [-0.4, -0.2) is 60.0 Å². The number of likely N-dealkylation sites (tertiary alicyclic amines) is 1. The Morgan fingerprint density at radius 2 is 1.94 bits per heavy atom. The van der Waals surface area contributed by atoms with Crippen molar-refractivity contribution in [2.45, 2.75) is 50.1 Å². The van der Waals surface area contributed by atoms with Crippen LogP contribution >= 0.6 is 0 Å². The molecule has 2 saturated heterocycles.